The number of nitrogens with zero attached hydrogens (tertiary/aromatic N) is 2. The molecule has 1 amide bonds. The molecule has 0 unspecified atom stereocenters. The zero-order valence-electron chi connectivity index (χ0n) is 10.2. The molecular weight excluding hydrogens is 208 g/mol. The summed E-state index contributed by atoms with van der Waals surface area (Å²) < 4.78 is 10.5. The number of aliphatic imine (C=N–C) groups is 1. The van der Waals surface area contributed by atoms with Gasteiger partial charge in [0.15, 0.2) is 0 Å². The minimum Gasteiger partial charge on any atom is -0.475 e. The molecule has 0 N–H and O–H groups in total. The van der Waals surface area contributed by atoms with Crippen molar-refractivity contribution >= 4 is 12.3 Å². The van der Waals surface area contributed by atoms with Crippen molar-refractivity contribution in [3.63, 3.8) is 0 Å². The van der Waals surface area contributed by atoms with Gasteiger partial charge in [-0.05, 0) is 27.7 Å². The maximum atomic E-state index is 11.7. The van der Waals surface area contributed by atoms with Crippen molar-refractivity contribution in [1.82, 2.24) is 4.90 Å². The SMILES string of the molecule is C/C=N\C1=CN(C(=O)OC(C)(C)C)CCO1. The molecule has 0 saturated heterocycles. The summed E-state index contributed by atoms with van der Waals surface area (Å²) in [6, 6.07) is 0. The smallest absolute Gasteiger partial charge is 0.414 e. The molecule has 1 rings (SSSR count). The number of hydrogen-bond acceptors (Lipinski definition) is 4. The third-order valence-electron chi connectivity index (χ3n) is 1.73. The number of amides is 1. The molecule has 16 heavy (non-hydrogen) atoms. The molecule has 0 aromatic heterocycles. The van der Waals surface area contributed by atoms with Crippen molar-refractivity contribution in [2.45, 2.75) is 33.3 Å². The maximum absolute atomic E-state index is 11.7. The van der Waals surface area contributed by atoms with Crippen LogP contribution < -0.4 is 0 Å². The lowest BCUT2D eigenvalue weighted by molar-refractivity contribution is 0.0244. The Bertz CT molecular complexity index is 316. The normalized spacial score (nSPS) is 17.0. The average Bonchev–Trinajstić information content (AvgIpc) is 2.16. The van der Waals surface area contributed by atoms with E-state index in [4.69, 9.17) is 9.47 Å². The van der Waals surface area contributed by atoms with Crippen molar-refractivity contribution in [3.8, 4) is 0 Å². The number of carbonyl (C=O) groups is 1. The Morgan fingerprint density at radius 2 is 2.31 bits per heavy atom. The molecule has 0 saturated carbocycles. The van der Waals surface area contributed by atoms with Crippen LogP contribution in [0.1, 0.15) is 27.7 Å². The molecule has 1 aliphatic rings. The zero-order chi connectivity index (χ0) is 12.2. The number of ether oxygens (including phenoxy) is 2. The minimum absolute atomic E-state index is 0.375. The lowest BCUT2D eigenvalue weighted by Crippen LogP contribution is -2.37. The maximum Gasteiger partial charge on any atom is 0.414 e. The standard InChI is InChI=1S/C11H18N2O3/c1-5-12-9-8-13(6-7-15-9)10(14)16-11(2,3)4/h5,8H,6-7H2,1-4H3/b12-5-. The summed E-state index contributed by atoms with van der Waals surface area (Å²) in [7, 11) is 0. The van der Waals surface area contributed by atoms with Gasteiger partial charge in [-0.3, -0.25) is 4.90 Å². The van der Waals surface area contributed by atoms with E-state index in [9.17, 15) is 4.79 Å². The molecule has 0 spiro atoms. The van der Waals surface area contributed by atoms with Crippen LogP contribution in [0.3, 0.4) is 0 Å². The summed E-state index contributed by atoms with van der Waals surface area (Å²) >= 11 is 0. The van der Waals surface area contributed by atoms with Gasteiger partial charge in [-0.25, -0.2) is 9.79 Å². The predicted octanol–water partition coefficient (Wildman–Crippen LogP) is 2.14. The Labute approximate surface area is 95.7 Å². The molecular formula is C11H18N2O3. The molecule has 0 bridgehead atoms. The van der Waals surface area contributed by atoms with Crippen molar-refractivity contribution < 1.29 is 14.3 Å². The van der Waals surface area contributed by atoms with Crippen molar-refractivity contribution in [2.24, 2.45) is 4.99 Å². The Kier molecular flexibility index (Phi) is 3.93. The quantitative estimate of drug-likeness (QED) is 0.644. The van der Waals surface area contributed by atoms with Crippen LogP contribution in [-0.2, 0) is 9.47 Å². The number of rotatable bonds is 1. The number of carbonyl (C=O) groups excluding carboxylic acids is 1. The Balaban J connectivity index is 2.66. The van der Waals surface area contributed by atoms with E-state index in [1.165, 1.54) is 4.90 Å². The second kappa shape index (κ2) is 5.01. The Morgan fingerprint density at radius 1 is 1.62 bits per heavy atom. The summed E-state index contributed by atoms with van der Waals surface area (Å²) in [5, 5.41) is 0. The molecule has 90 valence electrons. The summed E-state index contributed by atoms with van der Waals surface area (Å²) in [6.45, 7) is 8.21. The zero-order valence-corrected chi connectivity index (χ0v) is 10.2. The van der Waals surface area contributed by atoms with Gasteiger partial charge < -0.3 is 9.47 Å². The molecule has 0 fully saturated rings. The summed E-state index contributed by atoms with van der Waals surface area (Å²) in [5.41, 5.74) is -0.489. The lowest BCUT2D eigenvalue weighted by Gasteiger charge is -2.27. The Hall–Kier alpha value is -1.52. The highest BCUT2D eigenvalue weighted by Crippen LogP contribution is 2.14. The molecule has 1 aliphatic heterocycles. The monoisotopic (exact) mass is 226 g/mol. The molecule has 0 atom stereocenters. The van der Waals surface area contributed by atoms with Gasteiger partial charge in [0.05, 0.1) is 12.7 Å². The van der Waals surface area contributed by atoms with E-state index in [0.29, 0.717) is 19.0 Å². The van der Waals surface area contributed by atoms with Gasteiger partial charge >= 0.3 is 6.09 Å². The molecule has 0 aliphatic carbocycles. The fourth-order valence-corrected chi connectivity index (χ4v) is 1.15. The lowest BCUT2D eigenvalue weighted by atomic mass is 10.2. The van der Waals surface area contributed by atoms with Gasteiger partial charge in [-0.15, -0.1) is 0 Å². The molecule has 1 heterocycles. The third-order valence-corrected chi connectivity index (χ3v) is 1.73. The average molecular weight is 226 g/mol. The van der Waals surface area contributed by atoms with Crippen LogP contribution in [0.15, 0.2) is 17.1 Å². The van der Waals surface area contributed by atoms with Gasteiger partial charge in [-0.1, -0.05) is 0 Å². The van der Waals surface area contributed by atoms with E-state index in [-0.39, 0.29) is 6.09 Å². The van der Waals surface area contributed by atoms with Gasteiger partial charge in [-0.2, -0.15) is 0 Å². The van der Waals surface area contributed by atoms with Crippen LogP contribution in [0.5, 0.6) is 0 Å². The van der Waals surface area contributed by atoms with Crippen LogP contribution >= 0.6 is 0 Å². The highest BCUT2D eigenvalue weighted by molar-refractivity contribution is 5.69. The van der Waals surface area contributed by atoms with Crippen molar-refractivity contribution in [1.29, 1.82) is 0 Å². The van der Waals surface area contributed by atoms with Crippen LogP contribution in [0, 0.1) is 0 Å². The predicted molar refractivity (Wildman–Crippen MR) is 61.1 cm³/mol. The van der Waals surface area contributed by atoms with Gasteiger partial charge in [0.25, 0.3) is 0 Å². The fourth-order valence-electron chi connectivity index (χ4n) is 1.15. The highest BCUT2D eigenvalue weighted by Gasteiger charge is 2.23. The van der Waals surface area contributed by atoms with E-state index in [1.54, 1.807) is 19.3 Å². The first-order chi connectivity index (χ1) is 7.42. The van der Waals surface area contributed by atoms with Crippen molar-refractivity contribution in [3.05, 3.63) is 12.1 Å². The first-order valence-electron chi connectivity index (χ1n) is 5.25. The molecule has 0 radical (unpaired) electrons. The van der Waals surface area contributed by atoms with Crippen LogP contribution in [0.4, 0.5) is 4.79 Å². The van der Waals surface area contributed by atoms with Crippen LogP contribution in [-0.4, -0.2) is 36.0 Å². The summed E-state index contributed by atoms with van der Waals surface area (Å²) in [6.07, 6.45) is 2.79. The molecule has 5 heteroatoms. The summed E-state index contributed by atoms with van der Waals surface area (Å²) in [4.78, 5) is 17.2. The second-order valence-corrected chi connectivity index (χ2v) is 4.38. The molecule has 0 aromatic carbocycles. The van der Waals surface area contributed by atoms with Gasteiger partial charge in [0, 0.05) is 6.21 Å². The second-order valence-electron chi connectivity index (χ2n) is 4.38. The van der Waals surface area contributed by atoms with E-state index >= 15 is 0 Å². The van der Waals surface area contributed by atoms with Crippen molar-refractivity contribution in [2.75, 3.05) is 13.2 Å². The fraction of sp³-hybridized carbons (Fsp3) is 0.636. The Morgan fingerprint density at radius 3 is 2.88 bits per heavy atom. The topological polar surface area (TPSA) is 51.1 Å². The minimum atomic E-state index is -0.489. The van der Waals surface area contributed by atoms with E-state index < -0.39 is 5.60 Å². The van der Waals surface area contributed by atoms with Crippen LogP contribution in [0.2, 0.25) is 0 Å². The molecule has 5 nitrogen and oxygen atoms in total. The van der Waals surface area contributed by atoms with E-state index in [0.717, 1.165) is 0 Å². The van der Waals surface area contributed by atoms with Crippen LogP contribution in [0.25, 0.3) is 0 Å². The van der Waals surface area contributed by atoms with Gasteiger partial charge in [0.2, 0.25) is 5.88 Å². The van der Waals surface area contributed by atoms with E-state index in [2.05, 4.69) is 4.99 Å². The first-order valence-corrected chi connectivity index (χ1v) is 5.25. The largest absolute Gasteiger partial charge is 0.475 e. The van der Waals surface area contributed by atoms with Gasteiger partial charge in [0.1, 0.15) is 12.2 Å². The summed E-state index contributed by atoms with van der Waals surface area (Å²) in [5.74, 6) is 0.430. The number of hydrogen-bond donors (Lipinski definition) is 0. The first kappa shape index (κ1) is 12.5. The molecule has 0 aromatic rings. The third kappa shape index (κ3) is 3.92. The highest BCUT2D eigenvalue weighted by atomic mass is 16.6. The van der Waals surface area contributed by atoms with E-state index in [1.807, 2.05) is 20.8 Å².